The van der Waals surface area contributed by atoms with Crippen molar-refractivity contribution in [2.45, 2.75) is 59.8 Å². The molecule has 0 aromatic heterocycles. The lowest BCUT2D eigenvalue weighted by atomic mass is 9.83. The van der Waals surface area contributed by atoms with Crippen LogP contribution in [0.2, 0.25) is 0 Å². The summed E-state index contributed by atoms with van der Waals surface area (Å²) in [6, 6.07) is 0. The molecule has 78 valence electrons. The predicted octanol–water partition coefficient (Wildman–Crippen LogP) is 4.49. The van der Waals surface area contributed by atoms with E-state index >= 15 is 0 Å². The highest BCUT2D eigenvalue weighted by molar-refractivity contribution is 4.86. The summed E-state index contributed by atoms with van der Waals surface area (Å²) in [6.45, 7) is 9.60. The third-order valence-electron chi connectivity index (χ3n) is 4.12. The molecule has 1 rings (SSSR count). The van der Waals surface area contributed by atoms with Gasteiger partial charge in [-0.1, -0.05) is 47.0 Å². The van der Waals surface area contributed by atoms with Crippen molar-refractivity contribution in [1.82, 2.24) is 0 Å². The van der Waals surface area contributed by atoms with Gasteiger partial charge in [0.1, 0.15) is 0 Å². The Balaban J connectivity index is 2.48. The third-order valence-corrected chi connectivity index (χ3v) is 4.12. The van der Waals surface area contributed by atoms with E-state index in [9.17, 15) is 0 Å². The van der Waals surface area contributed by atoms with E-state index in [-0.39, 0.29) is 0 Å². The van der Waals surface area contributed by atoms with Crippen molar-refractivity contribution < 1.29 is 0 Å². The molecule has 1 aliphatic rings. The fraction of sp³-hybridized carbons (Fsp3) is 1.00. The second kappa shape index (κ2) is 5.02. The lowest BCUT2D eigenvalue weighted by Gasteiger charge is -2.23. The fourth-order valence-corrected chi connectivity index (χ4v) is 3.42. The molecule has 0 amide bonds. The first-order valence-electron chi connectivity index (χ1n) is 6.20. The van der Waals surface area contributed by atoms with E-state index in [2.05, 4.69) is 27.7 Å². The minimum absolute atomic E-state index is 0.988. The Morgan fingerprint density at radius 3 is 2.15 bits per heavy atom. The van der Waals surface area contributed by atoms with Crippen molar-refractivity contribution >= 4 is 0 Å². The van der Waals surface area contributed by atoms with E-state index in [4.69, 9.17) is 0 Å². The summed E-state index contributed by atoms with van der Waals surface area (Å²) in [4.78, 5) is 0. The van der Waals surface area contributed by atoms with E-state index in [0.717, 1.165) is 23.7 Å². The van der Waals surface area contributed by atoms with Crippen LogP contribution in [0.15, 0.2) is 0 Å². The second-order valence-corrected chi connectivity index (χ2v) is 5.07. The van der Waals surface area contributed by atoms with Gasteiger partial charge in [0.25, 0.3) is 0 Å². The molecular formula is C13H26. The van der Waals surface area contributed by atoms with Gasteiger partial charge in [-0.25, -0.2) is 0 Å². The van der Waals surface area contributed by atoms with Gasteiger partial charge in [-0.05, 0) is 36.5 Å². The first kappa shape index (κ1) is 11.1. The summed E-state index contributed by atoms with van der Waals surface area (Å²) in [7, 11) is 0. The van der Waals surface area contributed by atoms with Gasteiger partial charge < -0.3 is 0 Å². The third kappa shape index (κ3) is 2.48. The molecule has 1 aliphatic carbocycles. The molecule has 0 aromatic rings. The Labute approximate surface area is 84.1 Å². The largest absolute Gasteiger partial charge is 0.0654 e. The highest BCUT2D eigenvalue weighted by atomic mass is 14.4. The quantitative estimate of drug-likeness (QED) is 0.600. The van der Waals surface area contributed by atoms with E-state index in [1.165, 1.54) is 32.1 Å². The highest BCUT2D eigenvalue weighted by Crippen LogP contribution is 2.45. The molecule has 13 heavy (non-hydrogen) atoms. The summed E-state index contributed by atoms with van der Waals surface area (Å²) in [6.07, 6.45) is 7.18. The van der Waals surface area contributed by atoms with Crippen molar-refractivity contribution in [2.75, 3.05) is 0 Å². The smallest absolute Gasteiger partial charge is 0.0358 e. The van der Waals surface area contributed by atoms with Crippen molar-refractivity contribution in [3.63, 3.8) is 0 Å². The van der Waals surface area contributed by atoms with Crippen LogP contribution in [-0.4, -0.2) is 0 Å². The summed E-state index contributed by atoms with van der Waals surface area (Å²) in [5, 5.41) is 0. The van der Waals surface area contributed by atoms with Gasteiger partial charge in [0.05, 0.1) is 0 Å². The molecule has 0 nitrogen and oxygen atoms in total. The average Bonchev–Trinajstić information content (AvgIpc) is 2.37. The molecule has 0 bridgehead atoms. The maximum Gasteiger partial charge on any atom is -0.0358 e. The fourth-order valence-electron chi connectivity index (χ4n) is 3.42. The zero-order chi connectivity index (χ0) is 9.84. The standard InChI is InChI=1S/C13H26/c1-5-7-8-13-11(4)9-10(3)12(13)6-2/h10-13H,5-9H2,1-4H3. The zero-order valence-electron chi connectivity index (χ0n) is 9.84. The first-order valence-corrected chi connectivity index (χ1v) is 6.20. The van der Waals surface area contributed by atoms with Crippen LogP contribution in [0.25, 0.3) is 0 Å². The molecule has 0 aromatic carbocycles. The Kier molecular flexibility index (Phi) is 4.28. The summed E-state index contributed by atoms with van der Waals surface area (Å²) in [5.74, 6) is 4.05. The van der Waals surface area contributed by atoms with Crippen molar-refractivity contribution in [3.8, 4) is 0 Å². The predicted molar refractivity (Wildman–Crippen MR) is 59.7 cm³/mol. The Morgan fingerprint density at radius 1 is 1.00 bits per heavy atom. The average molecular weight is 182 g/mol. The van der Waals surface area contributed by atoms with E-state index in [1.54, 1.807) is 0 Å². The molecule has 0 aliphatic heterocycles. The lowest BCUT2D eigenvalue weighted by molar-refractivity contribution is 0.268. The van der Waals surface area contributed by atoms with Crippen LogP contribution in [0, 0.1) is 23.7 Å². The molecule has 0 spiro atoms. The van der Waals surface area contributed by atoms with Gasteiger partial charge >= 0.3 is 0 Å². The Hall–Kier alpha value is 0. The number of unbranched alkanes of at least 4 members (excludes halogenated alkanes) is 1. The van der Waals surface area contributed by atoms with E-state index < -0.39 is 0 Å². The molecule has 1 saturated carbocycles. The van der Waals surface area contributed by atoms with E-state index in [0.29, 0.717) is 0 Å². The van der Waals surface area contributed by atoms with Gasteiger partial charge in [0, 0.05) is 0 Å². The Morgan fingerprint density at radius 2 is 1.62 bits per heavy atom. The van der Waals surface area contributed by atoms with Crippen LogP contribution in [0.5, 0.6) is 0 Å². The number of hydrogen-bond donors (Lipinski definition) is 0. The topological polar surface area (TPSA) is 0 Å². The molecule has 0 N–H and O–H groups in total. The second-order valence-electron chi connectivity index (χ2n) is 5.07. The van der Waals surface area contributed by atoms with Gasteiger partial charge in [-0.15, -0.1) is 0 Å². The van der Waals surface area contributed by atoms with Gasteiger partial charge in [0.2, 0.25) is 0 Å². The van der Waals surface area contributed by atoms with E-state index in [1.807, 2.05) is 0 Å². The maximum absolute atomic E-state index is 2.46. The zero-order valence-corrected chi connectivity index (χ0v) is 9.84. The van der Waals surface area contributed by atoms with Gasteiger partial charge in [0.15, 0.2) is 0 Å². The monoisotopic (exact) mass is 182 g/mol. The lowest BCUT2D eigenvalue weighted by Crippen LogP contribution is -2.14. The van der Waals surface area contributed by atoms with Crippen molar-refractivity contribution in [3.05, 3.63) is 0 Å². The normalized spacial score (nSPS) is 39.7. The molecule has 0 heteroatoms. The van der Waals surface area contributed by atoms with Gasteiger partial charge in [-0.3, -0.25) is 0 Å². The summed E-state index contributed by atoms with van der Waals surface area (Å²) < 4.78 is 0. The van der Waals surface area contributed by atoms with Crippen LogP contribution in [0.1, 0.15) is 59.8 Å². The maximum atomic E-state index is 2.46. The van der Waals surface area contributed by atoms with Crippen LogP contribution in [-0.2, 0) is 0 Å². The molecule has 0 saturated heterocycles. The molecule has 4 atom stereocenters. The van der Waals surface area contributed by atoms with Crippen LogP contribution >= 0.6 is 0 Å². The number of hydrogen-bond acceptors (Lipinski definition) is 0. The first-order chi connectivity index (χ1) is 6.20. The van der Waals surface area contributed by atoms with Crippen LogP contribution < -0.4 is 0 Å². The minimum atomic E-state index is 0.988. The van der Waals surface area contributed by atoms with Crippen LogP contribution in [0.4, 0.5) is 0 Å². The molecule has 1 fully saturated rings. The minimum Gasteiger partial charge on any atom is -0.0654 e. The molecule has 4 unspecified atom stereocenters. The summed E-state index contributed by atoms with van der Waals surface area (Å²) >= 11 is 0. The van der Waals surface area contributed by atoms with Crippen LogP contribution in [0.3, 0.4) is 0 Å². The molecule has 0 heterocycles. The van der Waals surface area contributed by atoms with Gasteiger partial charge in [-0.2, -0.15) is 0 Å². The summed E-state index contributed by atoms with van der Waals surface area (Å²) in [5.41, 5.74) is 0. The SMILES string of the molecule is CCCCC1C(C)CC(C)C1CC. The molecule has 0 radical (unpaired) electrons. The number of rotatable bonds is 4. The van der Waals surface area contributed by atoms with Crippen molar-refractivity contribution in [1.29, 1.82) is 0 Å². The Bertz CT molecular complexity index is 139. The van der Waals surface area contributed by atoms with Crippen molar-refractivity contribution in [2.24, 2.45) is 23.7 Å². The molecular weight excluding hydrogens is 156 g/mol. The highest BCUT2D eigenvalue weighted by Gasteiger charge is 2.36.